The van der Waals surface area contributed by atoms with Gasteiger partial charge in [-0.2, -0.15) is 4.98 Å². The molecule has 90 valence electrons. The van der Waals surface area contributed by atoms with E-state index in [1.165, 1.54) is 0 Å². The molecule has 2 heterocycles. The van der Waals surface area contributed by atoms with Gasteiger partial charge in [-0.15, -0.1) is 0 Å². The van der Waals surface area contributed by atoms with Gasteiger partial charge in [-0.05, 0) is 26.1 Å². The molecule has 0 fully saturated rings. The van der Waals surface area contributed by atoms with Gasteiger partial charge in [0.1, 0.15) is 10.3 Å². The Morgan fingerprint density at radius 3 is 2.59 bits per heavy atom. The van der Waals surface area contributed by atoms with Crippen molar-refractivity contribution in [1.29, 1.82) is 0 Å². The number of fused-ring (bicyclic) bond motifs is 1. The molecule has 0 amide bonds. The fourth-order valence-electron chi connectivity index (χ4n) is 1.60. The predicted octanol–water partition coefficient (Wildman–Crippen LogP) is 2.59. The molecule has 0 aliphatic carbocycles. The molecule has 0 saturated heterocycles. The first-order chi connectivity index (χ1) is 8.15. The van der Waals surface area contributed by atoms with Crippen molar-refractivity contribution in [3.8, 4) is 0 Å². The van der Waals surface area contributed by atoms with Gasteiger partial charge in [0.05, 0.1) is 5.39 Å². The van der Waals surface area contributed by atoms with Crippen molar-refractivity contribution in [2.24, 2.45) is 0 Å². The first-order valence-electron chi connectivity index (χ1n) is 5.40. The highest BCUT2D eigenvalue weighted by molar-refractivity contribution is 7.72. The van der Waals surface area contributed by atoms with Crippen molar-refractivity contribution in [3.05, 3.63) is 15.6 Å². The molecule has 0 saturated carbocycles. The highest BCUT2D eigenvalue weighted by atomic mass is 32.1. The van der Waals surface area contributed by atoms with Gasteiger partial charge in [-0.25, -0.2) is 4.98 Å². The van der Waals surface area contributed by atoms with Gasteiger partial charge >= 0.3 is 0 Å². The Labute approximate surface area is 109 Å². The van der Waals surface area contributed by atoms with Gasteiger partial charge in [0.25, 0.3) is 0 Å². The number of aromatic amines is 2. The summed E-state index contributed by atoms with van der Waals surface area (Å²) in [7, 11) is 0. The Hall–Kier alpha value is -1.34. The summed E-state index contributed by atoms with van der Waals surface area (Å²) in [6.45, 7) is 5.86. The summed E-state index contributed by atoms with van der Waals surface area (Å²) >= 11 is 10.2. The minimum atomic E-state index is 0.478. The topological polar surface area (TPSA) is 60.6 Å². The molecule has 7 heteroatoms. The van der Waals surface area contributed by atoms with E-state index >= 15 is 0 Å². The number of rotatable bonds is 3. The molecule has 0 bridgehead atoms. The van der Waals surface area contributed by atoms with Crippen molar-refractivity contribution < 1.29 is 0 Å². The molecule has 2 aromatic heterocycles. The van der Waals surface area contributed by atoms with Crippen molar-refractivity contribution in [1.82, 2.24) is 19.9 Å². The van der Waals surface area contributed by atoms with Crippen molar-refractivity contribution >= 4 is 41.4 Å². The SMILES string of the molecule is CCN(CC)c1ncc2c(=S)[nH]c(=S)[nH]c2n1. The molecule has 0 radical (unpaired) electrons. The third-order valence-corrected chi connectivity index (χ3v) is 3.05. The minimum Gasteiger partial charge on any atom is -0.341 e. The van der Waals surface area contributed by atoms with E-state index < -0.39 is 0 Å². The van der Waals surface area contributed by atoms with Crippen LogP contribution in [0.5, 0.6) is 0 Å². The van der Waals surface area contributed by atoms with Gasteiger partial charge in [-0.3, -0.25) is 0 Å². The maximum atomic E-state index is 5.17. The summed E-state index contributed by atoms with van der Waals surface area (Å²) in [4.78, 5) is 16.7. The number of nitrogens with zero attached hydrogens (tertiary/aromatic N) is 3. The molecule has 0 unspecified atom stereocenters. The van der Waals surface area contributed by atoms with E-state index in [0.717, 1.165) is 18.5 Å². The smallest absolute Gasteiger partial charge is 0.227 e. The quantitative estimate of drug-likeness (QED) is 0.837. The number of hydrogen-bond acceptors (Lipinski definition) is 5. The molecule has 2 N–H and O–H groups in total. The van der Waals surface area contributed by atoms with Crippen molar-refractivity contribution in [2.45, 2.75) is 13.8 Å². The molecule has 2 aromatic rings. The molecule has 2 rings (SSSR count). The number of anilines is 1. The van der Waals surface area contributed by atoms with E-state index in [1.54, 1.807) is 6.20 Å². The van der Waals surface area contributed by atoms with Crippen LogP contribution in [0.1, 0.15) is 13.8 Å². The fourth-order valence-corrected chi connectivity index (χ4v) is 2.12. The zero-order valence-corrected chi connectivity index (χ0v) is 11.3. The van der Waals surface area contributed by atoms with Crippen LogP contribution in [0.4, 0.5) is 5.95 Å². The Morgan fingerprint density at radius 1 is 1.24 bits per heavy atom. The third kappa shape index (κ3) is 2.34. The van der Waals surface area contributed by atoms with Crippen LogP contribution in [0.25, 0.3) is 11.0 Å². The van der Waals surface area contributed by atoms with E-state index in [9.17, 15) is 0 Å². The molecule has 0 aliphatic rings. The van der Waals surface area contributed by atoms with Crippen molar-refractivity contribution in [3.63, 3.8) is 0 Å². The average molecular weight is 267 g/mol. The Balaban J connectivity index is 2.65. The maximum Gasteiger partial charge on any atom is 0.227 e. The van der Waals surface area contributed by atoms with Gasteiger partial charge in [-0.1, -0.05) is 12.2 Å². The van der Waals surface area contributed by atoms with E-state index in [-0.39, 0.29) is 0 Å². The van der Waals surface area contributed by atoms with Gasteiger partial charge in [0.15, 0.2) is 4.77 Å². The largest absolute Gasteiger partial charge is 0.341 e. The Kier molecular flexibility index (Phi) is 3.49. The number of H-pyrrole nitrogens is 2. The van der Waals surface area contributed by atoms with E-state index in [2.05, 4.69) is 38.7 Å². The van der Waals surface area contributed by atoms with E-state index in [1.807, 2.05) is 0 Å². The second-order valence-corrected chi connectivity index (χ2v) is 4.33. The zero-order valence-electron chi connectivity index (χ0n) is 9.65. The van der Waals surface area contributed by atoms with Crippen LogP contribution in [0, 0.1) is 9.41 Å². The number of aromatic nitrogens is 4. The standard InChI is InChI=1S/C10H13N5S2/c1-3-15(4-2)9-11-5-6-7(12-9)13-10(17)14-8(6)16/h5H,3-4H2,1-2H3,(H2,11,12,13,14,16,17). The molecule has 5 nitrogen and oxygen atoms in total. The van der Waals surface area contributed by atoms with Crippen LogP contribution < -0.4 is 4.90 Å². The lowest BCUT2D eigenvalue weighted by atomic mass is 10.4. The van der Waals surface area contributed by atoms with Gasteiger partial charge < -0.3 is 14.9 Å². The van der Waals surface area contributed by atoms with Crippen LogP contribution in [-0.4, -0.2) is 33.0 Å². The first kappa shape index (κ1) is 12.1. The first-order valence-corrected chi connectivity index (χ1v) is 6.21. The summed E-state index contributed by atoms with van der Waals surface area (Å²) in [5, 5.41) is 0.782. The average Bonchev–Trinajstić information content (AvgIpc) is 2.30. The fraction of sp³-hybridized carbons (Fsp3) is 0.400. The summed E-state index contributed by atoms with van der Waals surface area (Å²) in [6.07, 6.45) is 1.72. The highest BCUT2D eigenvalue weighted by Gasteiger charge is 2.07. The summed E-state index contributed by atoms with van der Waals surface area (Å²) in [5.74, 6) is 0.689. The molecule has 0 atom stereocenters. The Morgan fingerprint density at radius 2 is 1.94 bits per heavy atom. The van der Waals surface area contributed by atoms with Crippen molar-refractivity contribution in [2.75, 3.05) is 18.0 Å². The van der Waals surface area contributed by atoms with Gasteiger partial charge in [0.2, 0.25) is 5.95 Å². The lowest BCUT2D eigenvalue weighted by Crippen LogP contribution is -2.24. The Bertz CT molecular complexity index is 641. The number of hydrogen-bond donors (Lipinski definition) is 2. The molecular formula is C10H13N5S2. The van der Waals surface area contributed by atoms with Crippen LogP contribution in [0.15, 0.2) is 6.20 Å². The summed E-state index contributed by atoms with van der Waals surface area (Å²) in [6, 6.07) is 0. The second kappa shape index (κ2) is 4.89. The molecule has 0 aromatic carbocycles. The molecule has 17 heavy (non-hydrogen) atoms. The normalized spacial score (nSPS) is 10.7. The maximum absolute atomic E-state index is 5.17. The third-order valence-electron chi connectivity index (χ3n) is 2.53. The molecule has 0 aliphatic heterocycles. The monoisotopic (exact) mass is 267 g/mol. The summed E-state index contributed by atoms with van der Waals surface area (Å²) < 4.78 is 1.04. The van der Waals surface area contributed by atoms with E-state index in [4.69, 9.17) is 24.4 Å². The van der Waals surface area contributed by atoms with E-state index in [0.29, 0.717) is 21.0 Å². The second-order valence-electron chi connectivity index (χ2n) is 3.51. The summed E-state index contributed by atoms with van der Waals surface area (Å²) in [5.41, 5.74) is 0.677. The number of nitrogens with one attached hydrogen (secondary N) is 2. The predicted molar refractivity (Wildman–Crippen MR) is 73.5 cm³/mol. The molecular weight excluding hydrogens is 254 g/mol. The zero-order chi connectivity index (χ0) is 12.4. The molecule has 0 spiro atoms. The van der Waals surface area contributed by atoms with Crippen LogP contribution in [0.3, 0.4) is 0 Å². The minimum absolute atomic E-state index is 0.478. The lowest BCUT2D eigenvalue weighted by Gasteiger charge is -2.18. The van der Waals surface area contributed by atoms with Crippen LogP contribution >= 0.6 is 24.4 Å². The highest BCUT2D eigenvalue weighted by Crippen LogP contribution is 2.13. The van der Waals surface area contributed by atoms with Crippen LogP contribution in [0.2, 0.25) is 0 Å². The lowest BCUT2D eigenvalue weighted by molar-refractivity contribution is 0.824. The van der Waals surface area contributed by atoms with Crippen LogP contribution in [-0.2, 0) is 0 Å². The van der Waals surface area contributed by atoms with Gasteiger partial charge in [0, 0.05) is 19.3 Å².